The van der Waals surface area contributed by atoms with Crippen LogP contribution in [0.1, 0.15) is 33.1 Å². The molecule has 0 spiro atoms. The number of carboxylic acids is 1. The van der Waals surface area contributed by atoms with Gasteiger partial charge in [0.25, 0.3) is 0 Å². The molecule has 0 radical (unpaired) electrons. The molecule has 0 aliphatic carbocycles. The second-order valence-electron chi connectivity index (χ2n) is 4.74. The number of aliphatic carboxylic acids is 1. The van der Waals surface area contributed by atoms with Gasteiger partial charge >= 0.3 is 5.97 Å². The van der Waals surface area contributed by atoms with Crippen molar-refractivity contribution in [3.8, 4) is 0 Å². The smallest absolute Gasteiger partial charge is 0.303 e. The van der Waals surface area contributed by atoms with Crippen LogP contribution in [0.2, 0.25) is 0 Å². The standard InChI is InChI=1S/C12H22N2O3/c1-3-10(4-2)13-11(15)8-14-6-9(7-14)5-12(16)17/h9-10H,3-8H2,1-2H3,(H,13,15)(H,16,17). The second-order valence-corrected chi connectivity index (χ2v) is 4.74. The highest BCUT2D eigenvalue weighted by atomic mass is 16.4. The van der Waals surface area contributed by atoms with Crippen molar-refractivity contribution in [2.24, 2.45) is 5.92 Å². The van der Waals surface area contributed by atoms with Gasteiger partial charge < -0.3 is 10.4 Å². The first kappa shape index (κ1) is 14.0. The molecule has 0 aromatic carbocycles. The van der Waals surface area contributed by atoms with Gasteiger partial charge in [-0.25, -0.2) is 0 Å². The highest BCUT2D eigenvalue weighted by Crippen LogP contribution is 2.18. The summed E-state index contributed by atoms with van der Waals surface area (Å²) in [7, 11) is 0. The van der Waals surface area contributed by atoms with Gasteiger partial charge in [0, 0.05) is 19.1 Å². The van der Waals surface area contributed by atoms with Crippen LogP contribution >= 0.6 is 0 Å². The fraction of sp³-hybridized carbons (Fsp3) is 0.833. The van der Waals surface area contributed by atoms with Crippen LogP contribution in [0.5, 0.6) is 0 Å². The molecule has 1 saturated heterocycles. The third-order valence-electron chi connectivity index (χ3n) is 3.21. The largest absolute Gasteiger partial charge is 0.481 e. The Morgan fingerprint density at radius 3 is 2.41 bits per heavy atom. The summed E-state index contributed by atoms with van der Waals surface area (Å²) in [6.45, 7) is 5.96. The molecule has 0 unspecified atom stereocenters. The molecule has 2 N–H and O–H groups in total. The lowest BCUT2D eigenvalue weighted by Crippen LogP contribution is -2.52. The van der Waals surface area contributed by atoms with E-state index in [0.29, 0.717) is 6.54 Å². The molecule has 0 aromatic heterocycles. The number of nitrogens with zero attached hydrogens (tertiary/aromatic N) is 1. The van der Waals surface area contributed by atoms with Crippen molar-refractivity contribution in [2.45, 2.75) is 39.2 Å². The number of likely N-dealkylation sites (tertiary alicyclic amines) is 1. The molecule has 98 valence electrons. The Labute approximate surface area is 102 Å². The quantitative estimate of drug-likeness (QED) is 0.689. The minimum Gasteiger partial charge on any atom is -0.481 e. The molecule has 0 bridgehead atoms. The van der Waals surface area contributed by atoms with E-state index in [9.17, 15) is 9.59 Å². The van der Waals surface area contributed by atoms with Gasteiger partial charge in [0.2, 0.25) is 5.91 Å². The van der Waals surface area contributed by atoms with Crippen molar-refractivity contribution >= 4 is 11.9 Å². The topological polar surface area (TPSA) is 69.6 Å². The lowest BCUT2D eigenvalue weighted by atomic mass is 9.96. The SMILES string of the molecule is CCC(CC)NC(=O)CN1CC(CC(=O)O)C1. The predicted octanol–water partition coefficient (Wildman–Crippen LogP) is 0.698. The van der Waals surface area contributed by atoms with E-state index in [4.69, 9.17) is 5.11 Å². The summed E-state index contributed by atoms with van der Waals surface area (Å²) in [5.41, 5.74) is 0. The molecule has 0 atom stereocenters. The average molecular weight is 242 g/mol. The van der Waals surface area contributed by atoms with E-state index in [2.05, 4.69) is 19.2 Å². The molecule has 17 heavy (non-hydrogen) atoms. The van der Waals surface area contributed by atoms with Gasteiger partial charge in [0.15, 0.2) is 0 Å². The van der Waals surface area contributed by atoms with E-state index < -0.39 is 5.97 Å². The normalized spacial score (nSPS) is 16.9. The Morgan fingerprint density at radius 2 is 1.94 bits per heavy atom. The molecule has 1 heterocycles. The van der Waals surface area contributed by atoms with Gasteiger partial charge in [-0.3, -0.25) is 14.5 Å². The molecule has 5 heteroatoms. The number of hydrogen-bond donors (Lipinski definition) is 2. The molecule has 0 aromatic rings. The van der Waals surface area contributed by atoms with Crippen LogP contribution in [-0.4, -0.2) is 47.6 Å². The lowest BCUT2D eigenvalue weighted by Gasteiger charge is -2.38. The number of amides is 1. The Morgan fingerprint density at radius 1 is 1.35 bits per heavy atom. The van der Waals surface area contributed by atoms with Crippen LogP contribution in [0.3, 0.4) is 0 Å². The minimum absolute atomic E-state index is 0.0486. The van der Waals surface area contributed by atoms with Gasteiger partial charge in [0.05, 0.1) is 13.0 Å². The molecule has 5 nitrogen and oxygen atoms in total. The molecule has 1 aliphatic heterocycles. The maximum atomic E-state index is 11.6. The Balaban J connectivity index is 2.15. The van der Waals surface area contributed by atoms with Gasteiger partial charge in [-0.2, -0.15) is 0 Å². The molecular formula is C12H22N2O3. The Hall–Kier alpha value is -1.10. The van der Waals surface area contributed by atoms with Crippen molar-refractivity contribution < 1.29 is 14.7 Å². The first-order chi connectivity index (χ1) is 8.05. The van der Waals surface area contributed by atoms with Crippen LogP contribution < -0.4 is 5.32 Å². The highest BCUT2D eigenvalue weighted by molar-refractivity contribution is 5.78. The zero-order valence-electron chi connectivity index (χ0n) is 10.6. The van der Waals surface area contributed by atoms with E-state index in [1.807, 2.05) is 4.90 Å². The van der Waals surface area contributed by atoms with Crippen LogP contribution in [0.15, 0.2) is 0 Å². The summed E-state index contributed by atoms with van der Waals surface area (Å²) in [5.74, 6) is -0.489. The summed E-state index contributed by atoms with van der Waals surface area (Å²) < 4.78 is 0. The number of carbonyl (C=O) groups excluding carboxylic acids is 1. The average Bonchev–Trinajstić information content (AvgIpc) is 2.22. The molecule has 0 saturated carbocycles. The lowest BCUT2D eigenvalue weighted by molar-refractivity contribution is -0.139. The van der Waals surface area contributed by atoms with Gasteiger partial charge in [0.1, 0.15) is 0 Å². The Bertz CT molecular complexity index is 271. The number of rotatable bonds is 7. The third-order valence-corrected chi connectivity index (χ3v) is 3.21. The summed E-state index contributed by atoms with van der Waals surface area (Å²) in [6.07, 6.45) is 2.11. The zero-order valence-corrected chi connectivity index (χ0v) is 10.6. The number of carbonyl (C=O) groups is 2. The number of hydrogen-bond acceptors (Lipinski definition) is 3. The fourth-order valence-electron chi connectivity index (χ4n) is 2.15. The second kappa shape index (κ2) is 6.59. The van der Waals surface area contributed by atoms with Gasteiger partial charge in [-0.1, -0.05) is 13.8 Å². The number of nitrogens with one attached hydrogen (secondary N) is 1. The Kier molecular flexibility index (Phi) is 5.41. The molecule has 1 fully saturated rings. The van der Waals surface area contributed by atoms with Crippen molar-refractivity contribution in [1.29, 1.82) is 0 Å². The summed E-state index contributed by atoms with van der Waals surface area (Å²) in [6, 6.07) is 0.263. The zero-order chi connectivity index (χ0) is 12.8. The van der Waals surface area contributed by atoms with Crippen molar-refractivity contribution in [1.82, 2.24) is 10.2 Å². The highest BCUT2D eigenvalue weighted by Gasteiger charge is 2.29. The monoisotopic (exact) mass is 242 g/mol. The van der Waals surface area contributed by atoms with Crippen LogP contribution in [0, 0.1) is 5.92 Å². The predicted molar refractivity (Wildman–Crippen MR) is 64.7 cm³/mol. The van der Waals surface area contributed by atoms with E-state index in [1.165, 1.54) is 0 Å². The summed E-state index contributed by atoms with van der Waals surface area (Å²) in [4.78, 5) is 24.1. The maximum Gasteiger partial charge on any atom is 0.303 e. The van der Waals surface area contributed by atoms with E-state index in [-0.39, 0.29) is 24.3 Å². The molecular weight excluding hydrogens is 220 g/mol. The van der Waals surface area contributed by atoms with Crippen LogP contribution in [0.25, 0.3) is 0 Å². The fourth-order valence-corrected chi connectivity index (χ4v) is 2.15. The van der Waals surface area contributed by atoms with E-state index >= 15 is 0 Å². The first-order valence-electron chi connectivity index (χ1n) is 6.28. The van der Waals surface area contributed by atoms with Crippen molar-refractivity contribution in [3.05, 3.63) is 0 Å². The van der Waals surface area contributed by atoms with Crippen molar-refractivity contribution in [3.63, 3.8) is 0 Å². The van der Waals surface area contributed by atoms with E-state index in [0.717, 1.165) is 25.9 Å². The van der Waals surface area contributed by atoms with E-state index in [1.54, 1.807) is 0 Å². The van der Waals surface area contributed by atoms with Gasteiger partial charge in [-0.05, 0) is 18.8 Å². The first-order valence-corrected chi connectivity index (χ1v) is 6.28. The third kappa shape index (κ3) is 4.73. The van der Waals surface area contributed by atoms with Crippen molar-refractivity contribution in [2.75, 3.05) is 19.6 Å². The van der Waals surface area contributed by atoms with Crippen LogP contribution in [-0.2, 0) is 9.59 Å². The summed E-state index contributed by atoms with van der Waals surface area (Å²) >= 11 is 0. The number of carboxylic acid groups (broad SMARTS) is 1. The molecule has 1 rings (SSSR count). The molecule has 1 aliphatic rings. The maximum absolute atomic E-state index is 11.6. The summed E-state index contributed by atoms with van der Waals surface area (Å²) in [5, 5.41) is 11.6. The van der Waals surface area contributed by atoms with Gasteiger partial charge in [-0.15, -0.1) is 0 Å². The molecule has 1 amide bonds. The minimum atomic E-state index is -0.754. The van der Waals surface area contributed by atoms with Crippen LogP contribution in [0.4, 0.5) is 0 Å².